The molecule has 102 valence electrons. The molecule has 0 aromatic carbocycles. The van der Waals surface area contributed by atoms with Gasteiger partial charge in [0, 0.05) is 6.92 Å². The van der Waals surface area contributed by atoms with Crippen molar-refractivity contribution in [1.29, 1.82) is 0 Å². The normalized spacial score (nSPS) is 12.8. The molecule has 0 fully saturated rings. The zero-order valence-corrected chi connectivity index (χ0v) is 12.2. The second-order valence-electron chi connectivity index (χ2n) is 4.83. The van der Waals surface area contributed by atoms with E-state index in [0.29, 0.717) is 0 Å². The van der Waals surface area contributed by atoms with Crippen LogP contribution in [0, 0.1) is 0 Å². The molecule has 0 saturated carbocycles. The van der Waals surface area contributed by atoms with E-state index in [1.807, 2.05) is 0 Å². The average molecular weight is 250 g/mol. The lowest BCUT2D eigenvalue weighted by atomic mass is 10.1. The molecule has 0 rings (SSSR count). The van der Waals surface area contributed by atoms with Crippen molar-refractivity contribution in [3.63, 3.8) is 0 Å². The van der Waals surface area contributed by atoms with E-state index >= 15 is 0 Å². The first-order valence-corrected chi connectivity index (χ1v) is 6.54. The lowest BCUT2D eigenvalue weighted by molar-refractivity contribution is -0.144. The maximum Gasteiger partial charge on any atom is 0.303 e. The van der Waals surface area contributed by atoms with Gasteiger partial charge in [-0.05, 0) is 46.5 Å². The van der Waals surface area contributed by atoms with Crippen LogP contribution >= 0.6 is 0 Å². The molecule has 0 heterocycles. The fourth-order valence-corrected chi connectivity index (χ4v) is 1.62. The third-order valence-corrected chi connectivity index (χ3v) is 2.62. The maximum absolute atomic E-state index is 10.8. The standard InChI is InChI=1S/C16H26O2/c1-6-16(18-15(5)17)12-8-11-14(4)10-7-9-13(2)3/h6,9,11,16H,1,7-8,10,12H2,2-5H3. The van der Waals surface area contributed by atoms with E-state index in [0.717, 1.165) is 25.7 Å². The van der Waals surface area contributed by atoms with E-state index in [4.69, 9.17) is 4.74 Å². The third kappa shape index (κ3) is 9.88. The van der Waals surface area contributed by atoms with Crippen LogP contribution < -0.4 is 0 Å². The highest BCUT2D eigenvalue weighted by Crippen LogP contribution is 2.11. The monoisotopic (exact) mass is 250 g/mol. The Morgan fingerprint density at radius 1 is 1.17 bits per heavy atom. The highest BCUT2D eigenvalue weighted by Gasteiger charge is 2.05. The van der Waals surface area contributed by atoms with E-state index < -0.39 is 0 Å². The van der Waals surface area contributed by atoms with Crippen LogP contribution in [0.25, 0.3) is 0 Å². The molecule has 1 atom stereocenters. The molecule has 2 heteroatoms. The average Bonchev–Trinajstić information content (AvgIpc) is 2.26. The summed E-state index contributed by atoms with van der Waals surface area (Å²) < 4.78 is 5.10. The van der Waals surface area contributed by atoms with Crippen LogP contribution in [0.4, 0.5) is 0 Å². The molecule has 0 bridgehead atoms. The van der Waals surface area contributed by atoms with Gasteiger partial charge in [-0.1, -0.05) is 36.0 Å². The molecule has 0 aliphatic carbocycles. The summed E-state index contributed by atoms with van der Waals surface area (Å²) in [5.41, 5.74) is 2.75. The van der Waals surface area contributed by atoms with Crippen molar-refractivity contribution < 1.29 is 9.53 Å². The van der Waals surface area contributed by atoms with E-state index in [-0.39, 0.29) is 12.1 Å². The fraction of sp³-hybridized carbons (Fsp3) is 0.562. The summed E-state index contributed by atoms with van der Waals surface area (Å²) in [6.45, 7) is 11.5. The summed E-state index contributed by atoms with van der Waals surface area (Å²) in [7, 11) is 0. The van der Waals surface area contributed by atoms with Crippen molar-refractivity contribution in [2.24, 2.45) is 0 Å². The summed E-state index contributed by atoms with van der Waals surface area (Å²) in [6.07, 6.45) is 9.92. The predicted octanol–water partition coefficient (Wildman–Crippen LogP) is 4.58. The molecule has 0 aromatic heterocycles. The van der Waals surface area contributed by atoms with Crippen LogP contribution in [0.2, 0.25) is 0 Å². The van der Waals surface area contributed by atoms with Gasteiger partial charge in [0.25, 0.3) is 0 Å². The molecule has 0 spiro atoms. The van der Waals surface area contributed by atoms with Gasteiger partial charge < -0.3 is 4.74 Å². The SMILES string of the molecule is C=CC(CCC=C(C)CCC=C(C)C)OC(C)=O. The van der Waals surface area contributed by atoms with Gasteiger partial charge in [0.2, 0.25) is 0 Å². The van der Waals surface area contributed by atoms with Crippen LogP contribution in [-0.4, -0.2) is 12.1 Å². The Kier molecular flexibility index (Phi) is 8.99. The molecule has 0 amide bonds. The zero-order valence-electron chi connectivity index (χ0n) is 12.2. The molecule has 0 aliphatic rings. The number of carbonyl (C=O) groups is 1. The highest BCUT2D eigenvalue weighted by atomic mass is 16.5. The van der Waals surface area contributed by atoms with E-state index in [1.54, 1.807) is 6.08 Å². The minimum Gasteiger partial charge on any atom is -0.458 e. The van der Waals surface area contributed by atoms with Crippen LogP contribution in [0.3, 0.4) is 0 Å². The fourth-order valence-electron chi connectivity index (χ4n) is 1.62. The minimum atomic E-state index is -0.246. The third-order valence-electron chi connectivity index (χ3n) is 2.62. The first kappa shape index (κ1) is 16.7. The minimum absolute atomic E-state index is 0.163. The number of ether oxygens (including phenoxy) is 1. The summed E-state index contributed by atoms with van der Waals surface area (Å²) in [6, 6.07) is 0. The molecule has 0 N–H and O–H groups in total. The quantitative estimate of drug-likeness (QED) is 0.465. The molecular weight excluding hydrogens is 224 g/mol. The number of hydrogen-bond donors (Lipinski definition) is 0. The van der Waals surface area contributed by atoms with E-state index in [1.165, 1.54) is 18.1 Å². The number of rotatable bonds is 8. The highest BCUT2D eigenvalue weighted by molar-refractivity contribution is 5.66. The van der Waals surface area contributed by atoms with E-state index in [9.17, 15) is 4.79 Å². The van der Waals surface area contributed by atoms with Gasteiger partial charge in [-0.3, -0.25) is 4.79 Å². The Morgan fingerprint density at radius 2 is 1.83 bits per heavy atom. The number of carbonyl (C=O) groups excluding carboxylic acids is 1. The van der Waals surface area contributed by atoms with Gasteiger partial charge in [0.05, 0.1) is 0 Å². The zero-order chi connectivity index (χ0) is 14.0. The Balaban J connectivity index is 3.94. The van der Waals surface area contributed by atoms with Gasteiger partial charge in [0.1, 0.15) is 6.10 Å². The second kappa shape index (κ2) is 9.69. The number of hydrogen-bond acceptors (Lipinski definition) is 2. The topological polar surface area (TPSA) is 26.3 Å². The van der Waals surface area contributed by atoms with Crippen molar-refractivity contribution >= 4 is 5.97 Å². The Bertz CT molecular complexity index is 320. The number of allylic oxidation sites excluding steroid dienone is 4. The molecule has 18 heavy (non-hydrogen) atoms. The number of esters is 1. The molecule has 0 aliphatic heterocycles. The van der Waals surface area contributed by atoms with Crippen LogP contribution in [-0.2, 0) is 9.53 Å². The summed E-state index contributed by atoms with van der Waals surface area (Å²) in [4.78, 5) is 10.8. The van der Waals surface area contributed by atoms with Gasteiger partial charge in [-0.2, -0.15) is 0 Å². The Morgan fingerprint density at radius 3 is 2.33 bits per heavy atom. The van der Waals surface area contributed by atoms with Crippen molar-refractivity contribution in [2.45, 2.75) is 59.5 Å². The van der Waals surface area contributed by atoms with Gasteiger partial charge in [0.15, 0.2) is 0 Å². The molecule has 2 nitrogen and oxygen atoms in total. The first-order valence-electron chi connectivity index (χ1n) is 6.54. The van der Waals surface area contributed by atoms with Crippen molar-refractivity contribution in [1.82, 2.24) is 0 Å². The lowest BCUT2D eigenvalue weighted by Gasteiger charge is -2.11. The Labute approximate surface area is 111 Å². The van der Waals surface area contributed by atoms with Crippen LogP contribution in [0.1, 0.15) is 53.4 Å². The van der Waals surface area contributed by atoms with E-state index in [2.05, 4.69) is 39.5 Å². The Hall–Kier alpha value is -1.31. The van der Waals surface area contributed by atoms with Gasteiger partial charge >= 0.3 is 5.97 Å². The van der Waals surface area contributed by atoms with Crippen molar-refractivity contribution in [2.75, 3.05) is 0 Å². The molecule has 0 saturated heterocycles. The largest absolute Gasteiger partial charge is 0.458 e. The summed E-state index contributed by atoms with van der Waals surface area (Å²) in [5.74, 6) is -0.246. The smallest absolute Gasteiger partial charge is 0.303 e. The molecule has 1 unspecified atom stereocenters. The molecule has 0 radical (unpaired) electrons. The van der Waals surface area contributed by atoms with Crippen molar-refractivity contribution in [3.05, 3.63) is 36.0 Å². The van der Waals surface area contributed by atoms with Crippen LogP contribution in [0.5, 0.6) is 0 Å². The molecular formula is C16H26O2. The maximum atomic E-state index is 10.8. The predicted molar refractivity (Wildman–Crippen MR) is 77.4 cm³/mol. The first-order chi connectivity index (χ1) is 8.45. The summed E-state index contributed by atoms with van der Waals surface area (Å²) in [5, 5.41) is 0. The van der Waals surface area contributed by atoms with Gasteiger partial charge in [-0.25, -0.2) is 0 Å². The molecule has 0 aromatic rings. The van der Waals surface area contributed by atoms with Crippen molar-refractivity contribution in [3.8, 4) is 0 Å². The lowest BCUT2D eigenvalue weighted by Crippen LogP contribution is -2.12. The summed E-state index contributed by atoms with van der Waals surface area (Å²) >= 11 is 0. The second-order valence-corrected chi connectivity index (χ2v) is 4.83. The van der Waals surface area contributed by atoms with Gasteiger partial charge in [-0.15, -0.1) is 0 Å². The van der Waals surface area contributed by atoms with Crippen LogP contribution in [0.15, 0.2) is 36.0 Å².